The molecule has 0 amide bonds. The summed E-state index contributed by atoms with van der Waals surface area (Å²) in [4.78, 5) is 0. The molecule has 0 fully saturated rings. The highest BCUT2D eigenvalue weighted by Crippen LogP contribution is 2.33. The van der Waals surface area contributed by atoms with Crippen LogP contribution in [0.4, 0.5) is 0 Å². The second-order valence-electron chi connectivity index (χ2n) is 8.22. The van der Waals surface area contributed by atoms with Crippen LogP contribution in [0.1, 0.15) is 32.3 Å². The third-order valence-corrected chi connectivity index (χ3v) is 6.19. The Morgan fingerprint density at radius 3 is 1.84 bits per heavy atom. The maximum Gasteiger partial charge on any atom is 0.137 e. The monoisotopic (exact) mass is 398 g/mol. The standard InChI is InChI=1S/C27H18N4/c1-15(2)17-8-23-21(16(3)12-28)10-25-19-6-4-5-7-20(19)26-11-22(18(13-29)14-30)24(9-17)27(23)31(25)26/h4-11,15H,1-3H3/b21-16-. The Labute approximate surface area is 179 Å². The average molecular weight is 398 g/mol. The van der Waals surface area contributed by atoms with E-state index in [2.05, 4.69) is 66.8 Å². The van der Waals surface area contributed by atoms with E-state index in [1.54, 1.807) is 0 Å². The van der Waals surface area contributed by atoms with Crippen molar-refractivity contribution in [2.75, 3.05) is 0 Å². The minimum Gasteiger partial charge on any atom is -0.308 e. The van der Waals surface area contributed by atoms with Crippen LogP contribution in [0.15, 0.2) is 48.5 Å². The van der Waals surface area contributed by atoms with Crippen molar-refractivity contribution in [3.63, 3.8) is 0 Å². The summed E-state index contributed by atoms with van der Waals surface area (Å²) in [5.74, 6) is 0.255. The third kappa shape index (κ3) is 2.45. The number of hydrogen-bond donors (Lipinski definition) is 0. The van der Waals surface area contributed by atoms with Crippen molar-refractivity contribution in [1.82, 2.24) is 4.40 Å². The molecule has 0 saturated carbocycles. The van der Waals surface area contributed by atoms with E-state index < -0.39 is 0 Å². The van der Waals surface area contributed by atoms with Gasteiger partial charge in [-0.05, 0) is 47.9 Å². The number of nitriles is 3. The number of aromatic nitrogens is 1. The van der Waals surface area contributed by atoms with Crippen LogP contribution in [0.2, 0.25) is 0 Å². The van der Waals surface area contributed by atoms with Crippen LogP contribution in [0, 0.1) is 34.0 Å². The van der Waals surface area contributed by atoms with E-state index in [4.69, 9.17) is 0 Å². The van der Waals surface area contributed by atoms with Crippen LogP contribution in [0.3, 0.4) is 0 Å². The zero-order valence-electron chi connectivity index (χ0n) is 17.5. The molecule has 5 rings (SSSR count). The molecule has 0 aliphatic rings. The predicted molar refractivity (Wildman–Crippen MR) is 124 cm³/mol. The minimum absolute atomic E-state index is 0.0956. The molecule has 3 aromatic heterocycles. The maximum absolute atomic E-state index is 9.72. The van der Waals surface area contributed by atoms with Gasteiger partial charge in [0.1, 0.15) is 17.7 Å². The highest BCUT2D eigenvalue weighted by atomic mass is 14.9. The first-order chi connectivity index (χ1) is 15.0. The molecule has 0 radical (unpaired) electrons. The highest BCUT2D eigenvalue weighted by Gasteiger charge is 2.18. The van der Waals surface area contributed by atoms with Gasteiger partial charge < -0.3 is 4.40 Å². The van der Waals surface area contributed by atoms with E-state index in [1.807, 2.05) is 25.1 Å². The van der Waals surface area contributed by atoms with E-state index >= 15 is 0 Å². The van der Waals surface area contributed by atoms with Crippen molar-refractivity contribution in [3.8, 4) is 18.2 Å². The summed E-state index contributed by atoms with van der Waals surface area (Å²) in [5.41, 5.74) is 4.76. The van der Waals surface area contributed by atoms with Crippen molar-refractivity contribution >= 4 is 49.2 Å². The van der Waals surface area contributed by atoms with Crippen molar-refractivity contribution in [3.05, 3.63) is 64.5 Å². The van der Waals surface area contributed by atoms with Crippen molar-refractivity contribution < 1.29 is 0 Å². The average Bonchev–Trinajstić information content (AvgIpc) is 3.11. The number of pyridine rings is 2. The molecule has 0 aliphatic heterocycles. The molecule has 4 heteroatoms. The zero-order chi connectivity index (χ0) is 21.9. The van der Waals surface area contributed by atoms with Crippen LogP contribution < -0.4 is 10.4 Å². The fraction of sp³-hybridized carbons (Fsp3) is 0.148. The van der Waals surface area contributed by atoms with Gasteiger partial charge in [-0.25, -0.2) is 0 Å². The predicted octanol–water partition coefficient (Wildman–Crippen LogP) is 4.85. The Morgan fingerprint density at radius 2 is 1.32 bits per heavy atom. The molecule has 0 N–H and O–H groups in total. The molecule has 2 aromatic carbocycles. The third-order valence-electron chi connectivity index (χ3n) is 6.19. The van der Waals surface area contributed by atoms with Gasteiger partial charge in [0.05, 0.1) is 22.6 Å². The molecule has 4 nitrogen and oxygen atoms in total. The molecule has 0 saturated heterocycles. The first kappa shape index (κ1) is 18.7. The minimum atomic E-state index is 0.0956. The Hall–Kier alpha value is -4.33. The Balaban J connectivity index is 2.31. The Kier molecular flexibility index (Phi) is 3.97. The summed E-state index contributed by atoms with van der Waals surface area (Å²) in [6.45, 7) is 6.07. The topological polar surface area (TPSA) is 75.8 Å². The van der Waals surface area contributed by atoms with E-state index in [0.29, 0.717) is 10.8 Å². The first-order valence-corrected chi connectivity index (χ1v) is 10.2. The van der Waals surface area contributed by atoms with Gasteiger partial charge in [-0.15, -0.1) is 0 Å². The molecule has 3 heterocycles. The van der Waals surface area contributed by atoms with Crippen LogP contribution in [-0.4, -0.2) is 4.40 Å². The van der Waals surface area contributed by atoms with E-state index in [-0.39, 0.29) is 11.5 Å². The number of nitrogens with zero attached hydrogens (tertiary/aromatic N) is 4. The zero-order valence-corrected chi connectivity index (χ0v) is 17.5. The Morgan fingerprint density at radius 1 is 0.774 bits per heavy atom. The van der Waals surface area contributed by atoms with Gasteiger partial charge in [0.15, 0.2) is 0 Å². The lowest BCUT2D eigenvalue weighted by molar-refractivity contribution is 0.869. The lowest BCUT2D eigenvalue weighted by Crippen LogP contribution is -2.15. The fourth-order valence-corrected chi connectivity index (χ4v) is 4.62. The number of fused-ring (bicyclic) bond motifs is 3. The number of benzene rings is 2. The van der Waals surface area contributed by atoms with Crippen molar-refractivity contribution in [1.29, 1.82) is 15.8 Å². The normalized spacial score (nSPS) is 12.4. The van der Waals surface area contributed by atoms with E-state index in [9.17, 15) is 15.8 Å². The summed E-state index contributed by atoms with van der Waals surface area (Å²) in [7, 11) is 0. The lowest BCUT2D eigenvalue weighted by Gasteiger charge is -2.15. The fourth-order valence-electron chi connectivity index (χ4n) is 4.62. The lowest BCUT2D eigenvalue weighted by atomic mass is 9.95. The summed E-state index contributed by atoms with van der Waals surface area (Å²) in [6, 6.07) is 22.9. The molecule has 0 unspecified atom stereocenters. The molecule has 5 aromatic rings. The highest BCUT2D eigenvalue weighted by molar-refractivity contribution is 6.14. The van der Waals surface area contributed by atoms with Crippen LogP contribution in [-0.2, 0) is 0 Å². The van der Waals surface area contributed by atoms with E-state index in [0.717, 1.165) is 48.9 Å². The van der Waals surface area contributed by atoms with Crippen LogP contribution in [0.25, 0.3) is 49.2 Å². The number of hydrogen-bond acceptors (Lipinski definition) is 3. The molecule has 31 heavy (non-hydrogen) atoms. The van der Waals surface area contributed by atoms with Gasteiger partial charge in [-0.3, -0.25) is 0 Å². The molecular formula is C27H18N4. The quantitative estimate of drug-likeness (QED) is 0.405. The Bertz CT molecular complexity index is 1780. The van der Waals surface area contributed by atoms with Crippen LogP contribution >= 0.6 is 0 Å². The van der Waals surface area contributed by atoms with Gasteiger partial charge in [-0.2, -0.15) is 15.8 Å². The van der Waals surface area contributed by atoms with Gasteiger partial charge in [0.2, 0.25) is 0 Å². The molecule has 0 aliphatic carbocycles. The molecule has 146 valence electrons. The molecular weight excluding hydrogens is 380 g/mol. The largest absolute Gasteiger partial charge is 0.308 e. The van der Waals surface area contributed by atoms with Gasteiger partial charge in [0.25, 0.3) is 0 Å². The van der Waals surface area contributed by atoms with Crippen molar-refractivity contribution in [2.45, 2.75) is 26.7 Å². The van der Waals surface area contributed by atoms with Gasteiger partial charge >= 0.3 is 0 Å². The molecule has 0 bridgehead atoms. The maximum atomic E-state index is 9.72. The second-order valence-corrected chi connectivity index (χ2v) is 8.22. The summed E-state index contributed by atoms with van der Waals surface area (Å²) in [6.07, 6.45) is 0. The smallest absolute Gasteiger partial charge is 0.137 e. The summed E-state index contributed by atoms with van der Waals surface area (Å²) in [5, 5.41) is 34.6. The molecule has 0 atom stereocenters. The van der Waals surface area contributed by atoms with Crippen LogP contribution in [0.5, 0.6) is 0 Å². The number of rotatable bonds is 1. The summed E-state index contributed by atoms with van der Waals surface area (Å²) >= 11 is 0. The summed E-state index contributed by atoms with van der Waals surface area (Å²) < 4.78 is 2.21. The second kappa shape index (κ2) is 6.60. The van der Waals surface area contributed by atoms with Gasteiger partial charge in [-0.1, -0.05) is 38.1 Å². The van der Waals surface area contributed by atoms with Crippen molar-refractivity contribution in [2.24, 2.45) is 0 Å². The van der Waals surface area contributed by atoms with Gasteiger partial charge in [0, 0.05) is 32.3 Å². The first-order valence-electron chi connectivity index (χ1n) is 10.2. The SMILES string of the molecule is C/C(C#N)=c1\cc2c3ccccc3c3cc(=C(C#N)C#N)c4cc(C(C)C)cc1c4n32. The molecule has 0 spiro atoms. The van der Waals surface area contributed by atoms with E-state index in [1.165, 1.54) is 0 Å².